The predicted molar refractivity (Wildman–Crippen MR) is 105 cm³/mol. The minimum absolute atomic E-state index is 0.143. The fourth-order valence-electron chi connectivity index (χ4n) is 2.77. The topological polar surface area (TPSA) is 130 Å². The largest absolute Gasteiger partial charge is 0.487 e. The van der Waals surface area contributed by atoms with Crippen LogP contribution in [0, 0.1) is 15.9 Å². The van der Waals surface area contributed by atoms with Crippen molar-refractivity contribution in [2.24, 2.45) is 0 Å². The summed E-state index contributed by atoms with van der Waals surface area (Å²) in [4.78, 5) is 23.2. The summed E-state index contributed by atoms with van der Waals surface area (Å²) in [5, 5.41) is 24.5. The highest BCUT2D eigenvalue weighted by molar-refractivity contribution is 7.79. The number of anilines is 2. The van der Waals surface area contributed by atoms with Crippen LogP contribution in [-0.4, -0.2) is 47.0 Å². The van der Waals surface area contributed by atoms with E-state index < -0.39 is 28.1 Å². The Bertz CT molecular complexity index is 936. The molecule has 29 heavy (non-hydrogen) atoms. The van der Waals surface area contributed by atoms with Gasteiger partial charge >= 0.3 is 12.0 Å². The minimum atomic E-state index is -0.628. The number of nitro groups is 1. The lowest BCUT2D eigenvalue weighted by Crippen LogP contribution is -2.33. The molecule has 1 aliphatic heterocycles. The Balaban J connectivity index is 1.56. The number of carbonyl (C=O) groups excluding carboxylic acids is 1. The van der Waals surface area contributed by atoms with Gasteiger partial charge in [0.1, 0.15) is 22.6 Å². The Morgan fingerprint density at radius 1 is 1.41 bits per heavy atom. The fraction of sp³-hybridized carbons (Fsp3) is 0.294. The Kier molecular flexibility index (Phi) is 6.12. The maximum atomic E-state index is 14.4. The lowest BCUT2D eigenvalue weighted by molar-refractivity contribution is -0.402. The molecule has 154 valence electrons. The molecule has 1 aromatic carbocycles. The van der Waals surface area contributed by atoms with Crippen LogP contribution >= 0.6 is 12.2 Å². The SMILES string of the molecule is O=C1OC(CNC(O)=S)CN1c1ccc(NCCc2ccc([N+](=O)[O-])o2)c(F)c1. The van der Waals surface area contributed by atoms with Crippen LogP contribution < -0.4 is 15.5 Å². The van der Waals surface area contributed by atoms with Gasteiger partial charge in [-0.05, 0) is 36.5 Å². The van der Waals surface area contributed by atoms with Gasteiger partial charge in [-0.15, -0.1) is 0 Å². The first-order valence-electron chi connectivity index (χ1n) is 8.55. The highest BCUT2D eigenvalue weighted by Gasteiger charge is 2.32. The van der Waals surface area contributed by atoms with Crippen molar-refractivity contribution in [1.29, 1.82) is 0 Å². The second kappa shape index (κ2) is 8.73. The molecule has 1 aliphatic rings. The van der Waals surface area contributed by atoms with Crippen molar-refractivity contribution in [2.45, 2.75) is 12.5 Å². The fourth-order valence-corrected chi connectivity index (χ4v) is 2.86. The molecule has 3 rings (SSSR count). The molecule has 1 saturated heterocycles. The minimum Gasteiger partial charge on any atom is -0.487 e. The van der Waals surface area contributed by atoms with E-state index in [1.54, 1.807) is 6.07 Å². The summed E-state index contributed by atoms with van der Waals surface area (Å²) in [6, 6.07) is 7.01. The Morgan fingerprint density at radius 3 is 2.86 bits per heavy atom. The van der Waals surface area contributed by atoms with Crippen molar-refractivity contribution in [1.82, 2.24) is 5.32 Å². The highest BCUT2D eigenvalue weighted by atomic mass is 32.1. The molecule has 2 aromatic rings. The summed E-state index contributed by atoms with van der Waals surface area (Å²) in [5.41, 5.74) is 0.542. The number of ether oxygens (including phenoxy) is 1. The molecule has 0 radical (unpaired) electrons. The lowest BCUT2D eigenvalue weighted by Gasteiger charge is -2.15. The van der Waals surface area contributed by atoms with Gasteiger partial charge in [0.05, 0.1) is 30.5 Å². The summed E-state index contributed by atoms with van der Waals surface area (Å²) in [7, 11) is 0. The number of benzene rings is 1. The standard InChI is InChI=1S/C17H17FN4O6S/c18-13-7-10(21-9-12(28-17(21)24)8-20-16(23)29)1-3-14(13)19-6-5-11-2-4-15(27-11)22(25)26/h1-4,7,12,19H,5-6,8-9H2,(H2,20,23,29). The van der Waals surface area contributed by atoms with E-state index in [-0.39, 0.29) is 24.7 Å². The van der Waals surface area contributed by atoms with Crippen LogP contribution in [0.3, 0.4) is 0 Å². The second-order valence-electron chi connectivity index (χ2n) is 6.14. The number of nitrogens with one attached hydrogen (secondary N) is 2. The zero-order valence-corrected chi connectivity index (χ0v) is 15.8. The van der Waals surface area contributed by atoms with Gasteiger partial charge in [-0.2, -0.15) is 0 Å². The van der Waals surface area contributed by atoms with Crippen molar-refractivity contribution in [3.8, 4) is 0 Å². The van der Waals surface area contributed by atoms with Gasteiger partial charge in [0.15, 0.2) is 0 Å². The Labute approximate surface area is 169 Å². The van der Waals surface area contributed by atoms with Gasteiger partial charge in [0.2, 0.25) is 0 Å². The molecule has 2 heterocycles. The maximum absolute atomic E-state index is 14.4. The zero-order chi connectivity index (χ0) is 21.0. The number of carbonyl (C=O) groups is 1. The molecule has 1 aromatic heterocycles. The molecule has 12 heteroatoms. The summed E-state index contributed by atoms with van der Waals surface area (Å²) in [5.74, 6) is -0.510. The smallest absolute Gasteiger partial charge is 0.433 e. The van der Waals surface area contributed by atoms with Crippen LogP contribution in [0.1, 0.15) is 5.76 Å². The Morgan fingerprint density at radius 2 is 2.21 bits per heavy atom. The third-order valence-electron chi connectivity index (χ3n) is 4.13. The maximum Gasteiger partial charge on any atom is 0.433 e. The van der Waals surface area contributed by atoms with E-state index in [2.05, 4.69) is 22.9 Å². The molecular formula is C17H17FN4O6S. The molecule has 0 aliphatic carbocycles. The van der Waals surface area contributed by atoms with Crippen molar-refractivity contribution < 1.29 is 28.4 Å². The van der Waals surface area contributed by atoms with E-state index >= 15 is 0 Å². The number of cyclic esters (lactones) is 1. The highest BCUT2D eigenvalue weighted by Crippen LogP contribution is 2.26. The zero-order valence-electron chi connectivity index (χ0n) is 15.0. The Hall–Kier alpha value is -3.41. The number of hydrogen-bond donors (Lipinski definition) is 3. The summed E-state index contributed by atoms with van der Waals surface area (Å²) >= 11 is 4.49. The average Bonchev–Trinajstić information content (AvgIpc) is 3.28. The van der Waals surface area contributed by atoms with Crippen LogP contribution in [0.2, 0.25) is 0 Å². The first kappa shape index (κ1) is 20.3. The number of rotatable bonds is 8. The van der Waals surface area contributed by atoms with Gasteiger partial charge in [-0.25, -0.2) is 9.18 Å². The molecule has 10 nitrogen and oxygen atoms in total. The van der Waals surface area contributed by atoms with E-state index in [9.17, 15) is 19.3 Å². The van der Waals surface area contributed by atoms with Crippen molar-refractivity contribution in [3.63, 3.8) is 0 Å². The van der Waals surface area contributed by atoms with E-state index in [1.807, 2.05) is 0 Å². The van der Waals surface area contributed by atoms with Gasteiger partial charge in [0, 0.05) is 13.0 Å². The number of thiocarbonyl (C=S) groups is 1. The molecular weight excluding hydrogens is 407 g/mol. The predicted octanol–water partition coefficient (Wildman–Crippen LogP) is 2.74. The number of aliphatic hydroxyl groups excluding tert-OH is 1. The van der Waals surface area contributed by atoms with E-state index in [0.717, 1.165) is 0 Å². The molecule has 0 saturated carbocycles. The molecule has 1 fully saturated rings. The molecule has 0 spiro atoms. The van der Waals surface area contributed by atoms with Gasteiger partial charge < -0.3 is 24.9 Å². The molecule has 1 atom stereocenters. The summed E-state index contributed by atoms with van der Waals surface area (Å²) in [6.07, 6.45) is -0.833. The quantitative estimate of drug-likeness (QED) is 0.333. The molecule has 0 bridgehead atoms. The molecule has 1 amide bonds. The number of aliphatic hydroxyl groups is 1. The number of furan rings is 1. The average molecular weight is 424 g/mol. The van der Waals surface area contributed by atoms with Crippen molar-refractivity contribution in [2.75, 3.05) is 29.9 Å². The first-order valence-corrected chi connectivity index (χ1v) is 8.96. The molecule has 3 N–H and O–H groups in total. The molecule has 1 unspecified atom stereocenters. The van der Waals surface area contributed by atoms with Crippen LogP contribution in [0.4, 0.5) is 26.4 Å². The van der Waals surface area contributed by atoms with Crippen LogP contribution in [0.25, 0.3) is 0 Å². The van der Waals surface area contributed by atoms with E-state index in [0.29, 0.717) is 24.4 Å². The number of hydrogen-bond acceptors (Lipinski definition) is 7. The monoisotopic (exact) mass is 424 g/mol. The number of halogens is 1. The summed E-state index contributed by atoms with van der Waals surface area (Å²) < 4.78 is 24.6. The third-order valence-corrected chi connectivity index (χ3v) is 4.28. The van der Waals surface area contributed by atoms with E-state index in [4.69, 9.17) is 14.3 Å². The van der Waals surface area contributed by atoms with Crippen LogP contribution in [0.5, 0.6) is 0 Å². The van der Waals surface area contributed by atoms with Crippen molar-refractivity contribution in [3.05, 3.63) is 52.0 Å². The van der Waals surface area contributed by atoms with E-state index in [1.165, 1.54) is 29.2 Å². The van der Waals surface area contributed by atoms with Crippen LogP contribution in [0.15, 0.2) is 34.7 Å². The summed E-state index contributed by atoms with van der Waals surface area (Å²) in [6.45, 7) is 0.615. The van der Waals surface area contributed by atoms with Crippen molar-refractivity contribution >= 4 is 40.7 Å². The lowest BCUT2D eigenvalue weighted by atomic mass is 10.2. The van der Waals surface area contributed by atoms with Gasteiger partial charge in [0.25, 0.3) is 5.17 Å². The first-order chi connectivity index (χ1) is 13.8. The number of nitrogens with zero attached hydrogens (tertiary/aromatic N) is 2. The normalized spacial score (nSPS) is 15.8. The van der Waals surface area contributed by atoms with Gasteiger partial charge in [-0.3, -0.25) is 15.0 Å². The third kappa shape index (κ3) is 5.10. The second-order valence-corrected chi connectivity index (χ2v) is 6.53. The van der Waals surface area contributed by atoms with Gasteiger partial charge in [-0.1, -0.05) is 0 Å². The van der Waals surface area contributed by atoms with Crippen LogP contribution in [-0.2, 0) is 11.2 Å². The number of amides is 1.